The zero-order valence-electron chi connectivity index (χ0n) is 14.4. The van der Waals surface area contributed by atoms with Crippen molar-refractivity contribution >= 4 is 11.7 Å². The predicted octanol–water partition coefficient (Wildman–Crippen LogP) is 1.34. The van der Waals surface area contributed by atoms with Crippen LogP contribution in [-0.2, 0) is 4.74 Å². The maximum atomic E-state index is 12.0. The molecule has 2 aromatic rings. The van der Waals surface area contributed by atoms with E-state index in [-0.39, 0.29) is 11.7 Å². The van der Waals surface area contributed by atoms with Gasteiger partial charge >= 0.3 is 12.0 Å². The molecule has 25 heavy (non-hydrogen) atoms. The average molecular weight is 345 g/mol. The Morgan fingerprint density at radius 1 is 1.12 bits per heavy atom. The van der Waals surface area contributed by atoms with Crippen LogP contribution in [0.2, 0.25) is 0 Å². The third kappa shape index (κ3) is 3.30. The van der Waals surface area contributed by atoms with Crippen LogP contribution >= 0.6 is 0 Å². The van der Waals surface area contributed by atoms with Gasteiger partial charge in [0.25, 0.3) is 0 Å². The number of hydrogen-bond donors (Lipinski definition) is 0. The number of ether oxygens (including phenoxy) is 3. The number of hydrogen-bond acceptors (Lipinski definition) is 9. The van der Waals surface area contributed by atoms with Crippen molar-refractivity contribution in [1.82, 2.24) is 20.2 Å². The molecule has 9 heteroatoms. The number of aromatic nitrogens is 4. The second-order valence-corrected chi connectivity index (χ2v) is 5.43. The first kappa shape index (κ1) is 16.9. The van der Waals surface area contributed by atoms with Gasteiger partial charge in [-0.1, -0.05) is 0 Å². The molecule has 0 bridgehead atoms. The minimum absolute atomic E-state index is 0.194. The summed E-state index contributed by atoms with van der Waals surface area (Å²) in [4.78, 5) is 22.4. The molecule has 1 aliphatic rings. The number of nitrogens with zero attached hydrogens (tertiary/aromatic N) is 5. The minimum Gasteiger partial charge on any atom is -0.480 e. The van der Waals surface area contributed by atoms with E-state index in [0.29, 0.717) is 22.8 Å². The van der Waals surface area contributed by atoms with Crippen molar-refractivity contribution in [3.63, 3.8) is 0 Å². The zero-order valence-corrected chi connectivity index (χ0v) is 14.4. The highest BCUT2D eigenvalue weighted by Crippen LogP contribution is 2.32. The van der Waals surface area contributed by atoms with E-state index in [0.717, 1.165) is 25.9 Å². The van der Waals surface area contributed by atoms with E-state index in [1.807, 2.05) is 0 Å². The average Bonchev–Trinajstić information content (AvgIpc) is 3.21. The topological polar surface area (TPSA) is 99.6 Å². The summed E-state index contributed by atoms with van der Waals surface area (Å²) >= 11 is 0. The second kappa shape index (κ2) is 7.29. The van der Waals surface area contributed by atoms with Crippen LogP contribution in [0.1, 0.15) is 23.3 Å². The lowest BCUT2D eigenvalue weighted by atomic mass is 10.2. The molecule has 3 heterocycles. The molecule has 0 spiro atoms. The lowest BCUT2D eigenvalue weighted by molar-refractivity contribution is 0.0593. The third-order valence-electron chi connectivity index (χ3n) is 3.98. The van der Waals surface area contributed by atoms with Crippen molar-refractivity contribution in [2.45, 2.75) is 12.8 Å². The molecule has 0 aromatic carbocycles. The van der Waals surface area contributed by atoms with Gasteiger partial charge in [0.2, 0.25) is 5.88 Å². The molecule has 132 valence electrons. The van der Waals surface area contributed by atoms with Crippen molar-refractivity contribution in [2.24, 2.45) is 0 Å². The highest BCUT2D eigenvalue weighted by atomic mass is 16.5. The Morgan fingerprint density at radius 2 is 1.88 bits per heavy atom. The molecular weight excluding hydrogens is 326 g/mol. The van der Waals surface area contributed by atoms with Crippen molar-refractivity contribution in [1.29, 1.82) is 0 Å². The van der Waals surface area contributed by atoms with Gasteiger partial charge in [-0.3, -0.25) is 0 Å². The number of rotatable bonds is 5. The summed E-state index contributed by atoms with van der Waals surface area (Å²) < 4.78 is 15.1. The highest BCUT2D eigenvalue weighted by molar-refractivity contribution is 5.94. The Labute approximate surface area is 145 Å². The molecule has 0 saturated carbocycles. The Morgan fingerprint density at radius 3 is 2.52 bits per heavy atom. The van der Waals surface area contributed by atoms with E-state index in [9.17, 15) is 4.79 Å². The first-order chi connectivity index (χ1) is 12.2. The van der Waals surface area contributed by atoms with E-state index < -0.39 is 5.97 Å². The fourth-order valence-corrected chi connectivity index (χ4v) is 2.74. The van der Waals surface area contributed by atoms with Gasteiger partial charge in [-0.05, 0) is 18.9 Å². The summed E-state index contributed by atoms with van der Waals surface area (Å²) in [7, 11) is 4.31. The molecule has 1 saturated heterocycles. The maximum absolute atomic E-state index is 12.0. The van der Waals surface area contributed by atoms with Gasteiger partial charge in [-0.15, -0.1) is 10.2 Å². The monoisotopic (exact) mass is 345 g/mol. The van der Waals surface area contributed by atoms with E-state index >= 15 is 0 Å². The standard InChI is InChI=1S/C16H19N5O4/c1-23-14-10(9-17-16(18-14)25-3)11-8-12(21-6-4-5-7-21)13(20-19-11)15(22)24-2/h8-9H,4-7H2,1-3H3. The molecule has 0 aliphatic carbocycles. The maximum Gasteiger partial charge on any atom is 0.360 e. The van der Waals surface area contributed by atoms with E-state index in [2.05, 4.69) is 25.1 Å². The molecule has 1 fully saturated rings. The van der Waals surface area contributed by atoms with E-state index in [1.165, 1.54) is 21.3 Å². The van der Waals surface area contributed by atoms with Gasteiger partial charge < -0.3 is 19.1 Å². The highest BCUT2D eigenvalue weighted by Gasteiger charge is 2.24. The van der Waals surface area contributed by atoms with Gasteiger partial charge in [0.1, 0.15) is 5.69 Å². The third-order valence-corrected chi connectivity index (χ3v) is 3.98. The number of carbonyl (C=O) groups is 1. The van der Waals surface area contributed by atoms with Gasteiger partial charge in [-0.25, -0.2) is 9.78 Å². The van der Waals surface area contributed by atoms with Crippen molar-refractivity contribution in [3.8, 4) is 23.1 Å². The Hall–Kier alpha value is -2.97. The van der Waals surface area contributed by atoms with Gasteiger partial charge in [0.05, 0.1) is 32.6 Å². The van der Waals surface area contributed by atoms with Crippen LogP contribution in [0, 0.1) is 0 Å². The van der Waals surface area contributed by atoms with Gasteiger partial charge in [0, 0.05) is 19.3 Å². The zero-order chi connectivity index (χ0) is 17.8. The molecule has 0 amide bonds. The van der Waals surface area contributed by atoms with Gasteiger partial charge in [-0.2, -0.15) is 4.98 Å². The van der Waals surface area contributed by atoms with Crippen LogP contribution in [0.15, 0.2) is 12.3 Å². The van der Waals surface area contributed by atoms with Gasteiger partial charge in [0.15, 0.2) is 5.69 Å². The summed E-state index contributed by atoms with van der Waals surface area (Å²) in [6.07, 6.45) is 3.68. The molecule has 0 N–H and O–H groups in total. The number of esters is 1. The Bertz CT molecular complexity index is 777. The van der Waals surface area contributed by atoms with Crippen LogP contribution in [0.25, 0.3) is 11.3 Å². The molecule has 2 aromatic heterocycles. The molecule has 1 aliphatic heterocycles. The SMILES string of the molecule is COC(=O)c1nnc(-c2cnc(OC)nc2OC)cc1N1CCCC1. The predicted molar refractivity (Wildman–Crippen MR) is 88.9 cm³/mol. The first-order valence-corrected chi connectivity index (χ1v) is 7.84. The van der Waals surface area contributed by atoms with Crippen molar-refractivity contribution in [3.05, 3.63) is 18.0 Å². The fourth-order valence-electron chi connectivity index (χ4n) is 2.74. The van der Waals surface area contributed by atoms with Crippen LogP contribution in [0.4, 0.5) is 5.69 Å². The number of methoxy groups -OCH3 is 3. The molecule has 9 nitrogen and oxygen atoms in total. The minimum atomic E-state index is -0.515. The largest absolute Gasteiger partial charge is 0.480 e. The van der Waals surface area contributed by atoms with Crippen LogP contribution in [0.3, 0.4) is 0 Å². The molecule has 3 rings (SSSR count). The molecule has 0 radical (unpaired) electrons. The van der Waals surface area contributed by atoms with E-state index in [4.69, 9.17) is 14.2 Å². The first-order valence-electron chi connectivity index (χ1n) is 7.84. The summed E-state index contributed by atoms with van der Waals surface area (Å²) in [6.45, 7) is 1.71. The lowest BCUT2D eigenvalue weighted by Crippen LogP contribution is -2.22. The molecular formula is C16H19N5O4. The number of carbonyl (C=O) groups excluding carboxylic acids is 1. The fraction of sp³-hybridized carbons (Fsp3) is 0.438. The van der Waals surface area contributed by atoms with Crippen LogP contribution in [0.5, 0.6) is 11.9 Å². The molecule has 0 atom stereocenters. The smallest absolute Gasteiger partial charge is 0.360 e. The van der Waals surface area contributed by atoms with Crippen molar-refractivity contribution in [2.75, 3.05) is 39.3 Å². The second-order valence-electron chi connectivity index (χ2n) is 5.43. The molecule has 0 unspecified atom stereocenters. The lowest BCUT2D eigenvalue weighted by Gasteiger charge is -2.20. The quantitative estimate of drug-likeness (QED) is 0.743. The van der Waals surface area contributed by atoms with Crippen molar-refractivity contribution < 1.29 is 19.0 Å². The normalized spacial score (nSPS) is 13.6. The van der Waals surface area contributed by atoms with Crippen LogP contribution < -0.4 is 14.4 Å². The van der Waals surface area contributed by atoms with Crippen LogP contribution in [-0.4, -0.2) is 60.6 Å². The summed E-state index contributed by atoms with van der Waals surface area (Å²) in [6, 6.07) is 1.98. The van der Waals surface area contributed by atoms with E-state index in [1.54, 1.807) is 12.3 Å². The summed E-state index contributed by atoms with van der Waals surface area (Å²) in [5.41, 5.74) is 1.95. The summed E-state index contributed by atoms with van der Waals surface area (Å²) in [5.74, 6) is -0.196. The Balaban J connectivity index is 2.08. The number of anilines is 1. The summed E-state index contributed by atoms with van der Waals surface area (Å²) in [5, 5.41) is 8.22. The Kier molecular flexibility index (Phi) is 4.92.